The van der Waals surface area contributed by atoms with E-state index in [-0.39, 0.29) is 16.4 Å². The van der Waals surface area contributed by atoms with Gasteiger partial charge >= 0.3 is 5.69 Å². The second-order valence-electron chi connectivity index (χ2n) is 2.16. The summed E-state index contributed by atoms with van der Waals surface area (Å²) in [5.41, 5.74) is -0.808. The first kappa shape index (κ1) is 7.11. The smallest absolute Gasteiger partial charge is 0.323 e. The lowest BCUT2D eigenvalue weighted by molar-refractivity contribution is 1.07. The van der Waals surface area contributed by atoms with Crippen molar-refractivity contribution in [1.82, 2.24) is 19.9 Å². The molecule has 0 aromatic carbocycles. The largest absolute Gasteiger partial charge is 0.327 e. The molecule has 3 N–H and O–H groups in total. The van der Waals surface area contributed by atoms with Crippen molar-refractivity contribution in [3.63, 3.8) is 0 Å². The molecule has 2 aromatic heterocycles. The Morgan fingerprint density at radius 1 is 1.17 bits per heavy atom. The molecule has 0 aliphatic heterocycles. The third-order valence-electron chi connectivity index (χ3n) is 1.36. The minimum absolute atomic E-state index is 0.0670. The van der Waals surface area contributed by atoms with Crippen LogP contribution in [0.15, 0.2) is 9.59 Å². The van der Waals surface area contributed by atoms with Crippen LogP contribution in [0.4, 0.5) is 0 Å². The summed E-state index contributed by atoms with van der Waals surface area (Å²) in [4.78, 5) is 32.2. The summed E-state index contributed by atoms with van der Waals surface area (Å²) in [6, 6.07) is 0. The summed E-state index contributed by atoms with van der Waals surface area (Å²) in [7, 11) is 0. The maximum atomic E-state index is 11.0. The van der Waals surface area contributed by atoms with Gasteiger partial charge in [-0.05, 0) is 11.6 Å². The van der Waals surface area contributed by atoms with Crippen LogP contribution in [0.2, 0.25) is 5.28 Å². The highest BCUT2D eigenvalue weighted by molar-refractivity contribution is 6.28. The third kappa shape index (κ3) is 0.928. The second-order valence-corrected chi connectivity index (χ2v) is 2.52. The van der Waals surface area contributed by atoms with E-state index < -0.39 is 11.2 Å². The van der Waals surface area contributed by atoms with Gasteiger partial charge in [0.2, 0.25) is 5.28 Å². The maximum Gasteiger partial charge on any atom is 0.327 e. The first-order chi connectivity index (χ1) is 5.66. The average molecular weight is 187 g/mol. The van der Waals surface area contributed by atoms with Gasteiger partial charge in [-0.3, -0.25) is 14.8 Å². The molecule has 0 spiro atoms. The fourth-order valence-corrected chi connectivity index (χ4v) is 1.08. The molecule has 6 nitrogen and oxygen atoms in total. The normalized spacial score (nSPS) is 10.8. The summed E-state index contributed by atoms with van der Waals surface area (Å²) < 4.78 is 0. The number of aromatic nitrogens is 4. The molecule has 0 saturated carbocycles. The quantitative estimate of drug-likeness (QED) is 0.489. The van der Waals surface area contributed by atoms with Crippen molar-refractivity contribution >= 4 is 22.8 Å². The molecule has 2 heterocycles. The zero-order valence-electron chi connectivity index (χ0n) is 5.64. The minimum Gasteiger partial charge on any atom is -0.323 e. The summed E-state index contributed by atoms with van der Waals surface area (Å²) >= 11 is 5.47. The molecule has 0 fully saturated rings. The van der Waals surface area contributed by atoms with Crippen molar-refractivity contribution < 1.29 is 0 Å². The Morgan fingerprint density at radius 2 is 1.92 bits per heavy atom. The second kappa shape index (κ2) is 2.21. The lowest BCUT2D eigenvalue weighted by Crippen LogP contribution is -2.21. The van der Waals surface area contributed by atoms with Crippen LogP contribution < -0.4 is 11.2 Å². The van der Waals surface area contributed by atoms with Gasteiger partial charge < -0.3 is 4.98 Å². The maximum absolute atomic E-state index is 11.0. The molecule has 12 heavy (non-hydrogen) atoms. The van der Waals surface area contributed by atoms with E-state index in [4.69, 9.17) is 11.6 Å². The van der Waals surface area contributed by atoms with E-state index in [1.165, 1.54) is 0 Å². The number of H-pyrrole nitrogens is 3. The van der Waals surface area contributed by atoms with Crippen LogP contribution in [0.25, 0.3) is 11.2 Å². The molecule has 0 bridgehead atoms. The van der Waals surface area contributed by atoms with E-state index >= 15 is 0 Å². The molecular formula is C5H3ClN4O2. The number of imidazole rings is 1. The van der Waals surface area contributed by atoms with Gasteiger partial charge in [-0.1, -0.05) is 0 Å². The molecular weight excluding hydrogens is 184 g/mol. The van der Waals surface area contributed by atoms with E-state index in [0.29, 0.717) is 0 Å². The number of fused-ring (bicyclic) bond motifs is 1. The highest BCUT2D eigenvalue weighted by Crippen LogP contribution is 2.05. The highest BCUT2D eigenvalue weighted by atomic mass is 35.5. The van der Waals surface area contributed by atoms with Crippen LogP contribution in [-0.2, 0) is 0 Å². The first-order valence-corrected chi connectivity index (χ1v) is 3.42. The van der Waals surface area contributed by atoms with Gasteiger partial charge in [-0.2, -0.15) is 4.98 Å². The molecule has 0 unspecified atom stereocenters. The molecule has 2 rings (SSSR count). The van der Waals surface area contributed by atoms with E-state index in [0.717, 1.165) is 0 Å². The van der Waals surface area contributed by atoms with Crippen molar-refractivity contribution in [2.45, 2.75) is 0 Å². The topological polar surface area (TPSA) is 94.4 Å². The SMILES string of the molecule is O=c1[nH]c(=O)c2[nH]c(Cl)nc2[nH]1. The Bertz CT molecular complexity index is 536. The van der Waals surface area contributed by atoms with Crippen molar-refractivity contribution in [2.75, 3.05) is 0 Å². The molecule has 0 atom stereocenters. The van der Waals surface area contributed by atoms with Crippen LogP contribution in [0.5, 0.6) is 0 Å². The Hall–Kier alpha value is -1.56. The molecule has 0 aliphatic rings. The summed E-state index contributed by atoms with van der Waals surface area (Å²) in [6.45, 7) is 0. The van der Waals surface area contributed by atoms with Gasteiger partial charge in [0.25, 0.3) is 5.56 Å². The molecule has 0 amide bonds. The summed E-state index contributed by atoms with van der Waals surface area (Å²) in [6.07, 6.45) is 0. The molecule has 0 radical (unpaired) electrons. The van der Waals surface area contributed by atoms with Crippen LogP contribution in [0.1, 0.15) is 0 Å². The van der Waals surface area contributed by atoms with Gasteiger partial charge in [0.05, 0.1) is 0 Å². The molecule has 0 saturated heterocycles. The predicted molar refractivity (Wildman–Crippen MR) is 42.3 cm³/mol. The number of rotatable bonds is 0. The summed E-state index contributed by atoms with van der Waals surface area (Å²) in [5, 5.41) is 0.0670. The van der Waals surface area contributed by atoms with E-state index in [1.807, 2.05) is 4.98 Å². The number of halogens is 1. The lowest BCUT2D eigenvalue weighted by Gasteiger charge is -1.83. The highest BCUT2D eigenvalue weighted by Gasteiger charge is 2.04. The van der Waals surface area contributed by atoms with Gasteiger partial charge in [-0.15, -0.1) is 0 Å². The molecule has 2 aromatic rings. The molecule has 0 aliphatic carbocycles. The fourth-order valence-electron chi connectivity index (χ4n) is 0.904. The lowest BCUT2D eigenvalue weighted by atomic mass is 10.5. The monoisotopic (exact) mass is 186 g/mol. The van der Waals surface area contributed by atoms with Gasteiger partial charge in [0.15, 0.2) is 11.2 Å². The third-order valence-corrected chi connectivity index (χ3v) is 1.54. The fraction of sp³-hybridized carbons (Fsp3) is 0. The van der Waals surface area contributed by atoms with E-state index in [2.05, 4.69) is 15.0 Å². The van der Waals surface area contributed by atoms with Crippen LogP contribution >= 0.6 is 11.6 Å². The Labute approximate surface area is 69.6 Å². The Kier molecular flexibility index (Phi) is 1.31. The van der Waals surface area contributed by atoms with Crippen LogP contribution in [0, 0.1) is 0 Å². The van der Waals surface area contributed by atoms with Crippen molar-refractivity contribution in [3.05, 3.63) is 26.1 Å². The zero-order chi connectivity index (χ0) is 8.72. The number of nitrogens with zero attached hydrogens (tertiary/aromatic N) is 1. The number of aromatic amines is 3. The summed E-state index contributed by atoms with van der Waals surface area (Å²) in [5.74, 6) is 0. The molecule has 7 heteroatoms. The average Bonchev–Trinajstić information content (AvgIpc) is 2.29. The van der Waals surface area contributed by atoms with Crippen molar-refractivity contribution in [2.24, 2.45) is 0 Å². The number of nitrogens with one attached hydrogen (secondary N) is 3. The van der Waals surface area contributed by atoms with Crippen molar-refractivity contribution in [1.29, 1.82) is 0 Å². The Balaban J connectivity index is 3.08. The van der Waals surface area contributed by atoms with Crippen molar-refractivity contribution in [3.8, 4) is 0 Å². The van der Waals surface area contributed by atoms with E-state index in [9.17, 15) is 9.59 Å². The molecule has 62 valence electrons. The van der Waals surface area contributed by atoms with Gasteiger partial charge in [-0.25, -0.2) is 4.79 Å². The van der Waals surface area contributed by atoms with E-state index in [1.54, 1.807) is 0 Å². The van der Waals surface area contributed by atoms with Gasteiger partial charge in [0, 0.05) is 0 Å². The van der Waals surface area contributed by atoms with Gasteiger partial charge in [0.1, 0.15) is 0 Å². The number of hydrogen-bond acceptors (Lipinski definition) is 3. The zero-order valence-corrected chi connectivity index (χ0v) is 6.40. The van der Waals surface area contributed by atoms with Crippen LogP contribution in [-0.4, -0.2) is 19.9 Å². The standard InChI is InChI=1S/C5H3ClN4O2/c6-4-7-1-2(8-4)9-5(12)10-3(1)11/h(H3,7,8,9,10,11,12). The number of hydrogen-bond donors (Lipinski definition) is 3. The minimum atomic E-state index is -0.601. The first-order valence-electron chi connectivity index (χ1n) is 3.04. The predicted octanol–water partition coefficient (Wildman–Crippen LogP) is -0.407. The Morgan fingerprint density at radius 3 is 2.67 bits per heavy atom. The van der Waals surface area contributed by atoms with Crippen LogP contribution in [0.3, 0.4) is 0 Å².